The SMILES string of the molecule is Nc1ncc(-c2ccc(C(=O)NCCCN3CCCC3)cc2)cc1OCCc1c(Cl)cccc1Cl. The molecule has 2 heterocycles. The van der Waals surface area contributed by atoms with Gasteiger partial charge in [0, 0.05) is 40.3 Å². The normalized spacial score (nSPS) is 13.7. The maximum atomic E-state index is 12.5. The predicted octanol–water partition coefficient (Wildman–Crippen LogP) is 5.47. The van der Waals surface area contributed by atoms with E-state index < -0.39 is 0 Å². The maximum Gasteiger partial charge on any atom is 0.251 e. The Kier molecular flexibility index (Phi) is 8.85. The minimum Gasteiger partial charge on any atom is -0.489 e. The molecule has 35 heavy (non-hydrogen) atoms. The molecule has 0 bridgehead atoms. The third-order valence-corrected chi connectivity index (χ3v) is 6.88. The van der Waals surface area contributed by atoms with Crippen LogP contribution in [0.3, 0.4) is 0 Å². The highest BCUT2D eigenvalue weighted by atomic mass is 35.5. The lowest BCUT2D eigenvalue weighted by atomic mass is 10.0. The lowest BCUT2D eigenvalue weighted by Crippen LogP contribution is -2.28. The first-order chi connectivity index (χ1) is 17.0. The lowest BCUT2D eigenvalue weighted by molar-refractivity contribution is 0.0952. The third-order valence-electron chi connectivity index (χ3n) is 6.17. The molecule has 0 atom stereocenters. The molecule has 0 radical (unpaired) electrons. The smallest absolute Gasteiger partial charge is 0.251 e. The zero-order chi connectivity index (χ0) is 24.6. The number of hydrogen-bond donors (Lipinski definition) is 2. The summed E-state index contributed by atoms with van der Waals surface area (Å²) in [4.78, 5) is 19.2. The van der Waals surface area contributed by atoms with Crippen LogP contribution in [0, 0.1) is 0 Å². The van der Waals surface area contributed by atoms with Crippen molar-refractivity contribution in [3.05, 3.63) is 75.9 Å². The van der Waals surface area contributed by atoms with Crippen LogP contribution in [0.1, 0.15) is 35.2 Å². The Bertz CT molecular complexity index is 1130. The van der Waals surface area contributed by atoms with E-state index in [1.807, 2.05) is 36.4 Å². The van der Waals surface area contributed by atoms with Crippen molar-refractivity contribution in [3.63, 3.8) is 0 Å². The minimum atomic E-state index is -0.0596. The standard InChI is InChI=1S/C27H30Cl2N4O2/c28-23-5-3-6-24(29)22(23)11-16-35-25-17-21(18-32-26(25)30)19-7-9-20(10-8-19)27(34)31-12-4-15-33-13-1-2-14-33/h3,5-10,17-18H,1-2,4,11-16H2,(H2,30,32)(H,31,34). The average Bonchev–Trinajstić information content (AvgIpc) is 3.38. The Balaban J connectivity index is 1.32. The molecule has 3 aromatic rings. The van der Waals surface area contributed by atoms with Crippen LogP contribution < -0.4 is 15.8 Å². The summed E-state index contributed by atoms with van der Waals surface area (Å²) in [5, 5.41) is 4.23. The van der Waals surface area contributed by atoms with Gasteiger partial charge in [-0.3, -0.25) is 4.79 Å². The molecule has 2 aromatic carbocycles. The van der Waals surface area contributed by atoms with Gasteiger partial charge in [-0.15, -0.1) is 0 Å². The molecule has 1 aliphatic heterocycles. The van der Waals surface area contributed by atoms with Crippen LogP contribution in [0.5, 0.6) is 5.75 Å². The predicted molar refractivity (Wildman–Crippen MR) is 142 cm³/mol. The number of carbonyl (C=O) groups excluding carboxylic acids is 1. The average molecular weight is 513 g/mol. The number of hydrogen-bond acceptors (Lipinski definition) is 5. The van der Waals surface area contributed by atoms with Gasteiger partial charge in [-0.25, -0.2) is 4.98 Å². The Hall–Kier alpha value is -2.80. The fourth-order valence-electron chi connectivity index (χ4n) is 4.19. The Morgan fingerprint density at radius 3 is 2.49 bits per heavy atom. The minimum absolute atomic E-state index is 0.0596. The number of nitrogens with one attached hydrogen (secondary N) is 1. The van der Waals surface area contributed by atoms with E-state index in [0.717, 1.165) is 29.7 Å². The molecule has 0 aliphatic carbocycles. The van der Waals surface area contributed by atoms with Crippen LogP contribution in [-0.4, -0.2) is 48.6 Å². The number of nitrogens with zero attached hydrogens (tertiary/aromatic N) is 2. The van der Waals surface area contributed by atoms with Crippen LogP contribution in [0.15, 0.2) is 54.7 Å². The number of rotatable bonds is 10. The third kappa shape index (κ3) is 6.88. The van der Waals surface area contributed by atoms with Gasteiger partial charge in [0.1, 0.15) is 0 Å². The summed E-state index contributed by atoms with van der Waals surface area (Å²) >= 11 is 12.5. The molecule has 0 saturated carbocycles. The molecule has 0 spiro atoms. The van der Waals surface area contributed by atoms with Crippen molar-refractivity contribution in [2.24, 2.45) is 0 Å². The summed E-state index contributed by atoms with van der Waals surface area (Å²) in [6, 6.07) is 14.7. The molecule has 1 aromatic heterocycles. The first kappa shape index (κ1) is 25.3. The number of aromatic nitrogens is 1. The van der Waals surface area contributed by atoms with Gasteiger partial charge >= 0.3 is 0 Å². The number of pyridine rings is 1. The van der Waals surface area contributed by atoms with E-state index in [4.69, 9.17) is 33.7 Å². The van der Waals surface area contributed by atoms with Gasteiger partial charge in [-0.2, -0.15) is 0 Å². The number of nitrogen functional groups attached to an aromatic ring is 1. The molecule has 4 rings (SSSR count). The summed E-state index contributed by atoms with van der Waals surface area (Å²) in [7, 11) is 0. The van der Waals surface area contributed by atoms with Crippen molar-refractivity contribution in [2.45, 2.75) is 25.7 Å². The van der Waals surface area contributed by atoms with Crippen LogP contribution >= 0.6 is 23.2 Å². The Morgan fingerprint density at radius 2 is 1.77 bits per heavy atom. The summed E-state index contributed by atoms with van der Waals surface area (Å²) in [6.07, 6.45) is 5.78. The summed E-state index contributed by atoms with van der Waals surface area (Å²) in [5.74, 6) is 0.741. The number of anilines is 1. The second kappa shape index (κ2) is 12.2. The lowest BCUT2D eigenvalue weighted by Gasteiger charge is -2.14. The van der Waals surface area contributed by atoms with E-state index in [9.17, 15) is 4.79 Å². The molecular formula is C27H30Cl2N4O2. The van der Waals surface area contributed by atoms with Gasteiger partial charge in [0.15, 0.2) is 11.6 Å². The quantitative estimate of drug-likeness (QED) is 0.351. The Morgan fingerprint density at radius 1 is 1.06 bits per heavy atom. The van der Waals surface area contributed by atoms with Gasteiger partial charge in [-0.05, 0) is 80.4 Å². The summed E-state index contributed by atoms with van der Waals surface area (Å²) in [5.41, 5.74) is 9.26. The number of ether oxygens (including phenoxy) is 1. The van der Waals surface area contributed by atoms with E-state index in [1.165, 1.54) is 25.9 Å². The van der Waals surface area contributed by atoms with Crippen molar-refractivity contribution in [3.8, 4) is 16.9 Å². The van der Waals surface area contributed by atoms with E-state index in [-0.39, 0.29) is 5.91 Å². The number of benzene rings is 2. The number of halogens is 2. The molecule has 184 valence electrons. The zero-order valence-corrected chi connectivity index (χ0v) is 21.1. The van der Waals surface area contributed by atoms with Crippen LogP contribution in [0.4, 0.5) is 5.82 Å². The van der Waals surface area contributed by atoms with E-state index >= 15 is 0 Å². The van der Waals surface area contributed by atoms with Gasteiger partial charge in [0.05, 0.1) is 6.61 Å². The molecule has 3 N–H and O–H groups in total. The highest BCUT2D eigenvalue weighted by molar-refractivity contribution is 6.36. The van der Waals surface area contributed by atoms with Gasteiger partial charge in [-0.1, -0.05) is 41.4 Å². The first-order valence-corrected chi connectivity index (χ1v) is 12.7. The van der Waals surface area contributed by atoms with Crippen molar-refractivity contribution < 1.29 is 9.53 Å². The van der Waals surface area contributed by atoms with E-state index in [1.54, 1.807) is 18.3 Å². The Labute approximate surface area is 216 Å². The number of amides is 1. The molecule has 1 fully saturated rings. The van der Waals surface area contributed by atoms with Gasteiger partial charge < -0.3 is 20.7 Å². The molecular weight excluding hydrogens is 483 g/mol. The largest absolute Gasteiger partial charge is 0.489 e. The number of carbonyl (C=O) groups is 1. The monoisotopic (exact) mass is 512 g/mol. The van der Waals surface area contributed by atoms with Gasteiger partial charge in [0.2, 0.25) is 0 Å². The second-order valence-electron chi connectivity index (χ2n) is 8.64. The van der Waals surface area contributed by atoms with Crippen molar-refractivity contribution in [2.75, 3.05) is 38.5 Å². The van der Waals surface area contributed by atoms with Crippen molar-refractivity contribution >= 4 is 34.9 Å². The van der Waals surface area contributed by atoms with E-state index in [2.05, 4.69) is 15.2 Å². The summed E-state index contributed by atoms with van der Waals surface area (Å²) in [6.45, 7) is 4.43. The van der Waals surface area contributed by atoms with Gasteiger partial charge in [0.25, 0.3) is 5.91 Å². The molecule has 1 amide bonds. The first-order valence-electron chi connectivity index (χ1n) is 11.9. The maximum absolute atomic E-state index is 12.5. The highest BCUT2D eigenvalue weighted by Gasteiger charge is 2.12. The molecule has 0 unspecified atom stereocenters. The number of likely N-dealkylation sites (tertiary alicyclic amines) is 1. The van der Waals surface area contributed by atoms with Crippen LogP contribution in [0.25, 0.3) is 11.1 Å². The second-order valence-corrected chi connectivity index (χ2v) is 9.46. The fraction of sp³-hybridized carbons (Fsp3) is 0.333. The summed E-state index contributed by atoms with van der Waals surface area (Å²) < 4.78 is 5.89. The number of nitrogens with two attached hydrogens (primary N) is 1. The van der Waals surface area contributed by atoms with Crippen molar-refractivity contribution in [1.29, 1.82) is 0 Å². The molecule has 8 heteroatoms. The fourth-order valence-corrected chi connectivity index (χ4v) is 4.78. The van der Waals surface area contributed by atoms with Crippen LogP contribution in [0.2, 0.25) is 10.0 Å². The van der Waals surface area contributed by atoms with E-state index in [0.29, 0.717) is 46.7 Å². The van der Waals surface area contributed by atoms with Crippen molar-refractivity contribution in [1.82, 2.24) is 15.2 Å². The van der Waals surface area contributed by atoms with Crippen LogP contribution in [-0.2, 0) is 6.42 Å². The topological polar surface area (TPSA) is 80.5 Å². The zero-order valence-electron chi connectivity index (χ0n) is 19.6. The highest BCUT2D eigenvalue weighted by Crippen LogP contribution is 2.29. The molecule has 1 aliphatic rings. The molecule has 6 nitrogen and oxygen atoms in total. The molecule has 1 saturated heterocycles.